The van der Waals surface area contributed by atoms with Crippen LogP contribution in [0.2, 0.25) is 0 Å². The van der Waals surface area contributed by atoms with Gasteiger partial charge >= 0.3 is 0 Å². The average molecular weight is 466 g/mol. The van der Waals surface area contributed by atoms with Crippen molar-refractivity contribution in [3.63, 3.8) is 0 Å². The Morgan fingerprint density at radius 1 is 0.857 bits per heavy atom. The molecule has 2 heterocycles. The number of nitrogens with one attached hydrogen (secondary N) is 1. The Morgan fingerprint density at radius 3 is 2.31 bits per heavy atom. The van der Waals surface area contributed by atoms with Gasteiger partial charge in [-0.05, 0) is 48.5 Å². The van der Waals surface area contributed by atoms with E-state index in [-0.39, 0.29) is 5.91 Å². The Hall–Kier alpha value is -4.39. The number of piperazine rings is 1. The van der Waals surface area contributed by atoms with Crippen LogP contribution in [0.3, 0.4) is 0 Å². The van der Waals surface area contributed by atoms with E-state index in [1.54, 1.807) is 13.4 Å². The van der Waals surface area contributed by atoms with Gasteiger partial charge in [-0.25, -0.2) is 9.97 Å². The number of aromatic nitrogens is 2. The molecule has 0 saturated carbocycles. The van der Waals surface area contributed by atoms with Gasteiger partial charge in [-0.2, -0.15) is 0 Å². The number of benzene rings is 3. The van der Waals surface area contributed by atoms with E-state index in [4.69, 9.17) is 4.74 Å². The standard InChI is InChI=1S/C28H27N5O2/c1-35-23-13-11-21(12-14-23)26-19-27(30-20-29-26)32-15-17-33(18-16-32)28(34)24-9-5-6-10-25(24)31-22-7-3-2-4-8-22/h2-14,19-20,31H,15-18H2,1H3. The van der Waals surface area contributed by atoms with Gasteiger partial charge in [0.2, 0.25) is 0 Å². The van der Waals surface area contributed by atoms with Crippen molar-refractivity contribution < 1.29 is 9.53 Å². The van der Waals surface area contributed by atoms with E-state index in [0.717, 1.165) is 34.2 Å². The average Bonchev–Trinajstić information content (AvgIpc) is 2.94. The van der Waals surface area contributed by atoms with Crippen molar-refractivity contribution in [3.8, 4) is 17.0 Å². The molecule has 7 heteroatoms. The molecule has 3 aromatic carbocycles. The lowest BCUT2D eigenvalue weighted by Gasteiger charge is -2.35. The molecule has 7 nitrogen and oxygen atoms in total. The number of nitrogens with zero attached hydrogens (tertiary/aromatic N) is 4. The van der Waals surface area contributed by atoms with E-state index < -0.39 is 0 Å². The zero-order valence-corrected chi connectivity index (χ0v) is 19.6. The number of methoxy groups -OCH3 is 1. The van der Waals surface area contributed by atoms with Gasteiger partial charge in [0.25, 0.3) is 5.91 Å². The maximum atomic E-state index is 13.4. The Labute approximate surface area is 205 Å². The van der Waals surface area contributed by atoms with Gasteiger partial charge in [0, 0.05) is 43.5 Å². The van der Waals surface area contributed by atoms with E-state index in [1.165, 1.54) is 0 Å². The van der Waals surface area contributed by atoms with Crippen LogP contribution in [0.15, 0.2) is 91.3 Å². The highest BCUT2D eigenvalue weighted by atomic mass is 16.5. The zero-order valence-electron chi connectivity index (χ0n) is 19.6. The number of carbonyl (C=O) groups is 1. The molecule has 4 aromatic rings. The summed E-state index contributed by atoms with van der Waals surface area (Å²) in [6, 6.07) is 27.4. The van der Waals surface area contributed by atoms with Crippen LogP contribution in [0.4, 0.5) is 17.2 Å². The molecule has 176 valence electrons. The second kappa shape index (κ2) is 10.3. The number of amides is 1. The molecule has 0 spiro atoms. The molecule has 0 unspecified atom stereocenters. The summed E-state index contributed by atoms with van der Waals surface area (Å²) in [5, 5.41) is 3.37. The quantitative estimate of drug-likeness (QED) is 0.439. The van der Waals surface area contributed by atoms with Gasteiger partial charge < -0.3 is 19.9 Å². The van der Waals surface area contributed by atoms with E-state index in [2.05, 4.69) is 20.2 Å². The van der Waals surface area contributed by atoms with Crippen molar-refractivity contribution in [2.75, 3.05) is 43.5 Å². The number of anilines is 3. The van der Waals surface area contributed by atoms with Gasteiger partial charge in [0.05, 0.1) is 24.1 Å². The molecule has 0 radical (unpaired) electrons. The van der Waals surface area contributed by atoms with E-state index in [0.29, 0.717) is 31.7 Å². The van der Waals surface area contributed by atoms with Crippen LogP contribution >= 0.6 is 0 Å². The molecule has 1 aliphatic heterocycles. The first kappa shape index (κ1) is 22.4. The first-order valence-electron chi connectivity index (χ1n) is 11.6. The highest BCUT2D eigenvalue weighted by Gasteiger charge is 2.24. The van der Waals surface area contributed by atoms with E-state index in [1.807, 2.05) is 89.8 Å². The molecule has 5 rings (SSSR count). The Bertz CT molecular complexity index is 1290. The molecule has 1 aromatic heterocycles. The van der Waals surface area contributed by atoms with Crippen LogP contribution in [0.25, 0.3) is 11.3 Å². The normalized spacial score (nSPS) is 13.4. The van der Waals surface area contributed by atoms with Gasteiger partial charge in [0.15, 0.2) is 0 Å². The smallest absolute Gasteiger partial charge is 0.256 e. The first-order chi connectivity index (χ1) is 17.2. The monoisotopic (exact) mass is 465 g/mol. The minimum Gasteiger partial charge on any atom is -0.497 e. The van der Waals surface area contributed by atoms with E-state index >= 15 is 0 Å². The Morgan fingerprint density at radius 2 is 1.57 bits per heavy atom. The lowest BCUT2D eigenvalue weighted by molar-refractivity contribution is 0.0747. The van der Waals surface area contributed by atoms with Crippen molar-refractivity contribution in [1.82, 2.24) is 14.9 Å². The molecule has 1 amide bonds. The Balaban J connectivity index is 1.26. The summed E-state index contributed by atoms with van der Waals surface area (Å²) in [7, 11) is 1.65. The van der Waals surface area contributed by atoms with Gasteiger partial charge in [-0.1, -0.05) is 30.3 Å². The minimum atomic E-state index is 0.0327. The van der Waals surface area contributed by atoms with Crippen LogP contribution in [-0.4, -0.2) is 54.1 Å². The zero-order chi connectivity index (χ0) is 24.0. The van der Waals surface area contributed by atoms with Gasteiger partial charge in [-0.3, -0.25) is 4.79 Å². The fourth-order valence-electron chi connectivity index (χ4n) is 4.20. The topological polar surface area (TPSA) is 70.6 Å². The summed E-state index contributed by atoms with van der Waals surface area (Å²) in [5.41, 5.74) is 4.30. The molecule has 1 aliphatic rings. The van der Waals surface area contributed by atoms with Gasteiger partial charge in [-0.15, -0.1) is 0 Å². The lowest BCUT2D eigenvalue weighted by atomic mass is 10.1. The molecule has 1 N–H and O–H groups in total. The third-order valence-corrected chi connectivity index (χ3v) is 6.14. The molecule has 1 saturated heterocycles. The third-order valence-electron chi connectivity index (χ3n) is 6.14. The number of hydrogen-bond donors (Lipinski definition) is 1. The fraction of sp³-hybridized carbons (Fsp3) is 0.179. The van der Waals surface area contributed by atoms with E-state index in [9.17, 15) is 4.79 Å². The van der Waals surface area contributed by atoms with Crippen molar-refractivity contribution in [1.29, 1.82) is 0 Å². The maximum Gasteiger partial charge on any atom is 0.256 e. The predicted molar refractivity (Wildman–Crippen MR) is 138 cm³/mol. The van der Waals surface area contributed by atoms with Crippen LogP contribution in [0.5, 0.6) is 5.75 Å². The number of ether oxygens (including phenoxy) is 1. The number of para-hydroxylation sites is 2. The summed E-state index contributed by atoms with van der Waals surface area (Å²) >= 11 is 0. The second-order valence-corrected chi connectivity index (χ2v) is 8.31. The second-order valence-electron chi connectivity index (χ2n) is 8.31. The van der Waals surface area contributed by atoms with Crippen molar-refractivity contribution in [3.05, 3.63) is 96.8 Å². The molecule has 0 atom stereocenters. The van der Waals surface area contributed by atoms with Crippen molar-refractivity contribution in [2.24, 2.45) is 0 Å². The number of rotatable bonds is 6. The summed E-state index contributed by atoms with van der Waals surface area (Å²) in [4.78, 5) is 26.4. The third kappa shape index (κ3) is 5.09. The molecule has 0 bridgehead atoms. The van der Waals surface area contributed by atoms with Crippen LogP contribution in [0.1, 0.15) is 10.4 Å². The van der Waals surface area contributed by atoms with Crippen molar-refractivity contribution in [2.45, 2.75) is 0 Å². The van der Waals surface area contributed by atoms with Crippen LogP contribution in [0, 0.1) is 0 Å². The van der Waals surface area contributed by atoms with Crippen LogP contribution in [-0.2, 0) is 0 Å². The van der Waals surface area contributed by atoms with Crippen molar-refractivity contribution >= 4 is 23.1 Å². The summed E-state index contributed by atoms with van der Waals surface area (Å²) in [6.07, 6.45) is 1.60. The van der Waals surface area contributed by atoms with Crippen LogP contribution < -0.4 is 15.0 Å². The Kier molecular flexibility index (Phi) is 6.57. The van der Waals surface area contributed by atoms with Gasteiger partial charge in [0.1, 0.15) is 17.9 Å². The molecule has 1 fully saturated rings. The maximum absolute atomic E-state index is 13.4. The molecular formula is C28H27N5O2. The number of hydrogen-bond acceptors (Lipinski definition) is 6. The first-order valence-corrected chi connectivity index (χ1v) is 11.6. The molecule has 35 heavy (non-hydrogen) atoms. The molecular weight excluding hydrogens is 438 g/mol. The summed E-state index contributed by atoms with van der Waals surface area (Å²) < 4.78 is 5.25. The lowest BCUT2D eigenvalue weighted by Crippen LogP contribution is -2.49. The number of carbonyl (C=O) groups excluding carboxylic acids is 1. The fourth-order valence-corrected chi connectivity index (χ4v) is 4.20. The molecule has 0 aliphatic carbocycles. The summed E-state index contributed by atoms with van der Waals surface area (Å²) in [6.45, 7) is 2.67. The predicted octanol–water partition coefficient (Wildman–Crippen LogP) is 4.86. The highest BCUT2D eigenvalue weighted by molar-refractivity contribution is 6.00. The minimum absolute atomic E-state index is 0.0327. The highest BCUT2D eigenvalue weighted by Crippen LogP contribution is 2.25. The summed E-state index contributed by atoms with van der Waals surface area (Å²) in [5.74, 6) is 1.71. The SMILES string of the molecule is COc1ccc(-c2cc(N3CCN(C(=O)c4ccccc4Nc4ccccc4)CC3)ncn2)cc1. The largest absolute Gasteiger partial charge is 0.497 e.